The van der Waals surface area contributed by atoms with E-state index in [-0.39, 0.29) is 0 Å². The van der Waals surface area contributed by atoms with Gasteiger partial charge in [-0.1, -0.05) is 13.8 Å². The lowest BCUT2D eigenvalue weighted by atomic mass is 9.73. The van der Waals surface area contributed by atoms with E-state index in [2.05, 4.69) is 26.2 Å². The molecule has 2 heteroatoms. The minimum Gasteiger partial charge on any atom is -0.385 e. The van der Waals surface area contributed by atoms with E-state index in [9.17, 15) is 0 Å². The topological polar surface area (TPSA) is 21.3 Å². The molecule has 0 bridgehead atoms. The van der Waals surface area contributed by atoms with Gasteiger partial charge >= 0.3 is 0 Å². The van der Waals surface area contributed by atoms with Crippen molar-refractivity contribution in [1.82, 2.24) is 5.32 Å². The van der Waals surface area contributed by atoms with Crippen molar-refractivity contribution in [2.75, 3.05) is 20.8 Å². The average Bonchev–Trinajstić information content (AvgIpc) is 2.17. The summed E-state index contributed by atoms with van der Waals surface area (Å²) in [5.74, 6) is 2.65. The van der Waals surface area contributed by atoms with E-state index in [0.29, 0.717) is 6.04 Å². The quantitative estimate of drug-likeness (QED) is 0.758. The molecule has 0 aromatic rings. The van der Waals surface area contributed by atoms with Crippen LogP contribution in [0.3, 0.4) is 0 Å². The summed E-state index contributed by atoms with van der Waals surface area (Å²) in [4.78, 5) is 0. The van der Waals surface area contributed by atoms with Crippen molar-refractivity contribution in [3.05, 3.63) is 0 Å². The molecule has 1 rings (SSSR count). The van der Waals surface area contributed by atoms with Crippen LogP contribution in [0.4, 0.5) is 0 Å². The Morgan fingerprint density at radius 3 is 2.27 bits per heavy atom. The van der Waals surface area contributed by atoms with Crippen LogP contribution in [0.25, 0.3) is 0 Å². The van der Waals surface area contributed by atoms with Crippen molar-refractivity contribution >= 4 is 0 Å². The van der Waals surface area contributed by atoms with Gasteiger partial charge in [-0.2, -0.15) is 0 Å². The Labute approximate surface area is 94.8 Å². The summed E-state index contributed by atoms with van der Waals surface area (Å²) >= 11 is 0. The highest BCUT2D eigenvalue weighted by Crippen LogP contribution is 2.35. The van der Waals surface area contributed by atoms with Crippen LogP contribution < -0.4 is 5.32 Å². The van der Waals surface area contributed by atoms with Gasteiger partial charge in [-0.25, -0.2) is 0 Å². The lowest BCUT2D eigenvalue weighted by molar-refractivity contribution is 0.137. The van der Waals surface area contributed by atoms with E-state index < -0.39 is 0 Å². The predicted molar refractivity (Wildman–Crippen MR) is 65.0 cm³/mol. The molecule has 3 atom stereocenters. The molecule has 90 valence electrons. The SMILES string of the molecule is CNC(CCOC)C1CC(C)CC(C)C1. The first kappa shape index (κ1) is 13.0. The molecule has 3 unspecified atom stereocenters. The summed E-state index contributed by atoms with van der Waals surface area (Å²) in [5.41, 5.74) is 0. The normalized spacial score (nSPS) is 34.0. The number of rotatable bonds is 5. The zero-order valence-corrected chi connectivity index (χ0v) is 10.8. The Bertz CT molecular complexity index is 162. The van der Waals surface area contributed by atoms with Crippen molar-refractivity contribution in [1.29, 1.82) is 0 Å². The fourth-order valence-corrected chi connectivity index (χ4v) is 3.20. The van der Waals surface area contributed by atoms with E-state index in [0.717, 1.165) is 30.8 Å². The van der Waals surface area contributed by atoms with Crippen LogP contribution in [0.15, 0.2) is 0 Å². The molecule has 1 saturated carbocycles. The highest BCUT2D eigenvalue weighted by molar-refractivity contribution is 4.83. The molecule has 0 spiro atoms. The molecule has 1 N–H and O–H groups in total. The fraction of sp³-hybridized carbons (Fsp3) is 1.00. The van der Waals surface area contributed by atoms with Crippen molar-refractivity contribution in [3.63, 3.8) is 0 Å². The maximum absolute atomic E-state index is 5.18. The number of nitrogens with one attached hydrogen (secondary N) is 1. The first-order chi connectivity index (χ1) is 7.17. The predicted octanol–water partition coefficient (Wildman–Crippen LogP) is 2.68. The summed E-state index contributed by atoms with van der Waals surface area (Å²) in [6, 6.07) is 0.648. The van der Waals surface area contributed by atoms with Crippen molar-refractivity contribution < 1.29 is 4.74 Å². The summed E-state index contributed by atoms with van der Waals surface area (Å²) in [5, 5.41) is 3.47. The zero-order valence-electron chi connectivity index (χ0n) is 10.8. The van der Waals surface area contributed by atoms with Gasteiger partial charge in [-0.05, 0) is 50.5 Å². The number of hydrogen-bond donors (Lipinski definition) is 1. The molecule has 2 nitrogen and oxygen atoms in total. The van der Waals surface area contributed by atoms with E-state index in [1.54, 1.807) is 7.11 Å². The van der Waals surface area contributed by atoms with E-state index >= 15 is 0 Å². The summed E-state index contributed by atoms with van der Waals surface area (Å²) in [6.07, 6.45) is 5.34. The minimum absolute atomic E-state index is 0.648. The zero-order chi connectivity index (χ0) is 11.3. The third-order valence-corrected chi connectivity index (χ3v) is 3.79. The second-order valence-electron chi connectivity index (χ2n) is 5.35. The smallest absolute Gasteiger partial charge is 0.0477 e. The molecule has 0 aromatic carbocycles. The molecule has 0 heterocycles. The van der Waals surface area contributed by atoms with Crippen LogP contribution >= 0.6 is 0 Å². The van der Waals surface area contributed by atoms with Gasteiger partial charge in [0.05, 0.1) is 0 Å². The molecular weight excluding hydrogens is 186 g/mol. The fourth-order valence-electron chi connectivity index (χ4n) is 3.20. The van der Waals surface area contributed by atoms with Crippen LogP contribution in [0, 0.1) is 17.8 Å². The van der Waals surface area contributed by atoms with Gasteiger partial charge in [-0.3, -0.25) is 0 Å². The molecular formula is C13H27NO. The lowest BCUT2D eigenvalue weighted by Crippen LogP contribution is -2.38. The molecule has 0 aromatic heterocycles. The number of methoxy groups -OCH3 is 1. The highest BCUT2D eigenvalue weighted by atomic mass is 16.5. The van der Waals surface area contributed by atoms with Crippen LogP contribution in [-0.2, 0) is 4.74 Å². The van der Waals surface area contributed by atoms with Crippen LogP contribution in [0.2, 0.25) is 0 Å². The van der Waals surface area contributed by atoms with Crippen molar-refractivity contribution in [2.24, 2.45) is 17.8 Å². The Morgan fingerprint density at radius 1 is 1.20 bits per heavy atom. The van der Waals surface area contributed by atoms with Crippen LogP contribution in [0.1, 0.15) is 39.5 Å². The van der Waals surface area contributed by atoms with Gasteiger partial charge in [0.25, 0.3) is 0 Å². The molecule has 0 radical (unpaired) electrons. The first-order valence-electron chi connectivity index (χ1n) is 6.33. The van der Waals surface area contributed by atoms with E-state index in [1.807, 2.05) is 0 Å². The van der Waals surface area contributed by atoms with Gasteiger partial charge in [-0.15, -0.1) is 0 Å². The molecule has 0 aliphatic heterocycles. The van der Waals surface area contributed by atoms with Gasteiger partial charge in [0.1, 0.15) is 0 Å². The Kier molecular flexibility index (Phi) is 5.62. The minimum atomic E-state index is 0.648. The standard InChI is InChI=1S/C13H27NO/c1-10-7-11(2)9-12(8-10)13(14-3)5-6-15-4/h10-14H,5-9H2,1-4H3. The number of ether oxygens (including phenoxy) is 1. The Balaban J connectivity index is 2.43. The van der Waals surface area contributed by atoms with Crippen LogP contribution in [0.5, 0.6) is 0 Å². The second kappa shape index (κ2) is 6.49. The average molecular weight is 213 g/mol. The van der Waals surface area contributed by atoms with Crippen molar-refractivity contribution in [3.8, 4) is 0 Å². The lowest BCUT2D eigenvalue weighted by Gasteiger charge is -2.36. The highest BCUT2D eigenvalue weighted by Gasteiger charge is 2.28. The summed E-state index contributed by atoms with van der Waals surface area (Å²) < 4.78 is 5.18. The van der Waals surface area contributed by atoms with Crippen LogP contribution in [-0.4, -0.2) is 26.8 Å². The molecule has 1 aliphatic rings. The molecule has 0 saturated heterocycles. The molecule has 1 fully saturated rings. The largest absolute Gasteiger partial charge is 0.385 e. The molecule has 0 amide bonds. The van der Waals surface area contributed by atoms with Gasteiger partial charge < -0.3 is 10.1 Å². The maximum Gasteiger partial charge on any atom is 0.0477 e. The first-order valence-corrected chi connectivity index (χ1v) is 6.33. The molecule has 15 heavy (non-hydrogen) atoms. The van der Waals surface area contributed by atoms with Gasteiger partial charge in [0.2, 0.25) is 0 Å². The number of hydrogen-bond acceptors (Lipinski definition) is 2. The second-order valence-corrected chi connectivity index (χ2v) is 5.35. The maximum atomic E-state index is 5.18. The third-order valence-electron chi connectivity index (χ3n) is 3.79. The Morgan fingerprint density at radius 2 is 1.80 bits per heavy atom. The van der Waals surface area contributed by atoms with E-state index in [1.165, 1.54) is 19.3 Å². The van der Waals surface area contributed by atoms with Gasteiger partial charge in [0.15, 0.2) is 0 Å². The monoisotopic (exact) mass is 213 g/mol. The van der Waals surface area contributed by atoms with Gasteiger partial charge in [0, 0.05) is 19.8 Å². The summed E-state index contributed by atoms with van der Waals surface area (Å²) in [7, 11) is 3.88. The summed E-state index contributed by atoms with van der Waals surface area (Å²) in [6.45, 7) is 5.67. The third kappa shape index (κ3) is 4.12. The molecule has 1 aliphatic carbocycles. The van der Waals surface area contributed by atoms with Crippen molar-refractivity contribution in [2.45, 2.75) is 45.6 Å². The Hall–Kier alpha value is -0.0800. The van der Waals surface area contributed by atoms with E-state index in [4.69, 9.17) is 4.74 Å².